The van der Waals surface area contributed by atoms with E-state index in [1.807, 2.05) is 41.3 Å². The van der Waals surface area contributed by atoms with Crippen molar-refractivity contribution in [1.29, 1.82) is 0 Å². The van der Waals surface area contributed by atoms with Crippen LogP contribution in [-0.2, 0) is 16.4 Å². The van der Waals surface area contributed by atoms with Crippen molar-refractivity contribution in [2.75, 3.05) is 11.5 Å². The van der Waals surface area contributed by atoms with Crippen LogP contribution in [0.15, 0.2) is 65.7 Å². The maximum Gasteiger partial charge on any atom is 0.279 e. The maximum absolute atomic E-state index is 12.5. The molecule has 2 heterocycles. The summed E-state index contributed by atoms with van der Waals surface area (Å²) < 4.78 is 24.1. The summed E-state index contributed by atoms with van der Waals surface area (Å²) in [6.45, 7) is 0.547. The number of amides is 1. The van der Waals surface area contributed by atoms with Gasteiger partial charge in [0.1, 0.15) is 0 Å². The van der Waals surface area contributed by atoms with Gasteiger partial charge in [-0.05, 0) is 17.7 Å². The summed E-state index contributed by atoms with van der Waals surface area (Å²) in [7, 11) is -3.04. The largest absolute Gasteiger partial charge is 0.342 e. The second-order valence-electron chi connectivity index (χ2n) is 6.48. The van der Waals surface area contributed by atoms with Gasteiger partial charge in [-0.3, -0.25) is 4.79 Å². The number of hydrogen-bond donors (Lipinski definition) is 0. The molecule has 1 amide bonds. The van der Waals surface area contributed by atoms with Gasteiger partial charge in [0.2, 0.25) is 0 Å². The average Bonchev–Trinajstić information content (AvgIpc) is 3.09. The number of nitrogens with zero attached hydrogens (tertiary/aromatic N) is 2. The summed E-state index contributed by atoms with van der Waals surface area (Å²) in [6, 6.07) is 18.6. The van der Waals surface area contributed by atoms with Crippen LogP contribution in [0.4, 0.5) is 0 Å². The summed E-state index contributed by atoms with van der Waals surface area (Å²) in [4.78, 5) is 18.8. The number of fused-ring (bicyclic) bond motifs is 1. The molecule has 0 aromatic heterocycles. The van der Waals surface area contributed by atoms with Crippen LogP contribution in [0.25, 0.3) is 0 Å². The Bertz CT molecular complexity index is 943. The molecule has 0 radical (unpaired) electrons. The highest BCUT2D eigenvalue weighted by Gasteiger charge is 2.48. The minimum absolute atomic E-state index is 0.0639. The molecule has 2 aromatic rings. The van der Waals surface area contributed by atoms with Crippen molar-refractivity contribution in [3.63, 3.8) is 0 Å². The van der Waals surface area contributed by atoms with Crippen LogP contribution in [0.5, 0.6) is 0 Å². The molecule has 4 rings (SSSR count). The molecule has 2 aliphatic rings. The lowest BCUT2D eigenvalue weighted by molar-refractivity contribution is 0.100. The van der Waals surface area contributed by atoms with Gasteiger partial charge in [-0.1, -0.05) is 60.3 Å². The van der Waals surface area contributed by atoms with Crippen LogP contribution in [0.3, 0.4) is 0 Å². The highest BCUT2D eigenvalue weighted by molar-refractivity contribution is 8.15. The van der Waals surface area contributed by atoms with Gasteiger partial charge < -0.3 is 4.90 Å². The second kappa shape index (κ2) is 6.89. The predicted octanol–water partition coefficient (Wildman–Crippen LogP) is 2.60. The minimum atomic E-state index is -3.04. The third-order valence-corrected chi connectivity index (χ3v) is 7.84. The first-order valence-electron chi connectivity index (χ1n) is 8.37. The molecule has 134 valence electrons. The van der Waals surface area contributed by atoms with Gasteiger partial charge in [-0.15, -0.1) is 0 Å². The lowest BCUT2D eigenvalue weighted by Gasteiger charge is -2.24. The number of amidine groups is 1. The summed E-state index contributed by atoms with van der Waals surface area (Å²) in [6.07, 6.45) is 0. The van der Waals surface area contributed by atoms with E-state index in [0.717, 1.165) is 5.56 Å². The van der Waals surface area contributed by atoms with Crippen LogP contribution in [0, 0.1) is 0 Å². The van der Waals surface area contributed by atoms with Crippen LogP contribution in [-0.4, -0.2) is 47.2 Å². The molecule has 26 heavy (non-hydrogen) atoms. The van der Waals surface area contributed by atoms with E-state index in [0.29, 0.717) is 17.3 Å². The Balaban J connectivity index is 1.64. The molecule has 0 bridgehead atoms. The van der Waals surface area contributed by atoms with E-state index < -0.39 is 9.84 Å². The topological polar surface area (TPSA) is 66.8 Å². The first kappa shape index (κ1) is 17.3. The van der Waals surface area contributed by atoms with Gasteiger partial charge >= 0.3 is 0 Å². The molecule has 0 spiro atoms. The Kier molecular flexibility index (Phi) is 4.58. The van der Waals surface area contributed by atoms with E-state index in [1.165, 1.54) is 11.8 Å². The Labute approximate surface area is 157 Å². The molecule has 2 saturated heterocycles. The van der Waals surface area contributed by atoms with E-state index in [1.54, 1.807) is 24.3 Å². The van der Waals surface area contributed by atoms with Crippen LogP contribution in [0.1, 0.15) is 15.9 Å². The average molecular weight is 386 g/mol. The second-order valence-corrected chi connectivity index (χ2v) is 9.84. The fraction of sp³-hybridized carbons (Fsp3) is 0.263. The molecule has 5 nitrogen and oxygen atoms in total. The van der Waals surface area contributed by atoms with Gasteiger partial charge in [0.05, 0.1) is 17.5 Å². The maximum atomic E-state index is 12.5. The lowest BCUT2D eigenvalue weighted by Crippen LogP contribution is -2.37. The number of carbonyl (C=O) groups is 1. The number of rotatable bonds is 3. The van der Waals surface area contributed by atoms with E-state index in [2.05, 4.69) is 4.99 Å². The molecule has 7 heteroatoms. The van der Waals surface area contributed by atoms with Gasteiger partial charge in [0.15, 0.2) is 15.0 Å². The summed E-state index contributed by atoms with van der Waals surface area (Å²) >= 11 is 1.41. The van der Waals surface area contributed by atoms with Gasteiger partial charge in [-0.25, -0.2) is 8.42 Å². The van der Waals surface area contributed by atoms with Gasteiger partial charge in [-0.2, -0.15) is 4.99 Å². The Morgan fingerprint density at radius 3 is 2.38 bits per heavy atom. The zero-order valence-corrected chi connectivity index (χ0v) is 15.6. The third kappa shape index (κ3) is 3.54. The molecule has 0 unspecified atom stereocenters. The number of hydrogen-bond acceptors (Lipinski definition) is 4. The highest BCUT2D eigenvalue weighted by atomic mass is 32.2. The molecule has 0 aliphatic carbocycles. The molecule has 2 atom stereocenters. The van der Waals surface area contributed by atoms with Crippen molar-refractivity contribution in [1.82, 2.24) is 4.90 Å². The predicted molar refractivity (Wildman–Crippen MR) is 104 cm³/mol. The van der Waals surface area contributed by atoms with Crippen molar-refractivity contribution < 1.29 is 13.2 Å². The van der Waals surface area contributed by atoms with E-state index in [9.17, 15) is 13.2 Å². The van der Waals surface area contributed by atoms with E-state index in [-0.39, 0.29) is 28.7 Å². The quantitative estimate of drug-likeness (QED) is 0.811. The zero-order chi connectivity index (χ0) is 18.1. The number of thioether (sulfide) groups is 1. The lowest BCUT2D eigenvalue weighted by atomic mass is 10.1. The van der Waals surface area contributed by atoms with Crippen molar-refractivity contribution in [2.45, 2.75) is 17.8 Å². The van der Waals surface area contributed by atoms with E-state index in [4.69, 9.17) is 0 Å². The smallest absolute Gasteiger partial charge is 0.279 e. The normalized spacial score (nSPS) is 25.4. The Hall–Kier alpha value is -2.12. The first-order chi connectivity index (χ1) is 12.5. The first-order valence-corrected chi connectivity index (χ1v) is 11.1. The van der Waals surface area contributed by atoms with Crippen molar-refractivity contribution in [2.24, 2.45) is 4.99 Å². The molecular weight excluding hydrogens is 368 g/mol. The highest BCUT2D eigenvalue weighted by Crippen LogP contribution is 2.39. The van der Waals surface area contributed by atoms with Crippen molar-refractivity contribution in [3.8, 4) is 0 Å². The molecular formula is C19H18N2O3S2. The molecule has 2 aromatic carbocycles. The summed E-state index contributed by atoms with van der Waals surface area (Å²) in [5, 5.41) is 0.554. The minimum Gasteiger partial charge on any atom is -0.342 e. The Morgan fingerprint density at radius 2 is 1.69 bits per heavy atom. The van der Waals surface area contributed by atoms with E-state index >= 15 is 0 Å². The van der Waals surface area contributed by atoms with Gasteiger partial charge in [0, 0.05) is 17.4 Å². The summed E-state index contributed by atoms with van der Waals surface area (Å²) in [5.74, 6) is -0.0311. The summed E-state index contributed by atoms with van der Waals surface area (Å²) in [5.41, 5.74) is 1.60. The molecule has 2 aliphatic heterocycles. The molecule has 2 fully saturated rings. The molecule has 0 N–H and O–H groups in total. The SMILES string of the molecule is O=C(N=C1S[C@H]2CS(=O)(=O)C[C@H]2N1Cc1ccccc1)c1ccccc1. The molecule has 0 saturated carbocycles. The number of benzene rings is 2. The Morgan fingerprint density at radius 1 is 1.04 bits per heavy atom. The van der Waals surface area contributed by atoms with Crippen LogP contribution >= 0.6 is 11.8 Å². The fourth-order valence-corrected chi connectivity index (χ4v) is 7.28. The van der Waals surface area contributed by atoms with Crippen LogP contribution < -0.4 is 0 Å². The number of sulfone groups is 1. The van der Waals surface area contributed by atoms with Crippen molar-refractivity contribution in [3.05, 3.63) is 71.8 Å². The van der Waals surface area contributed by atoms with Gasteiger partial charge in [0.25, 0.3) is 5.91 Å². The standard InChI is InChI=1S/C19H18N2O3S2/c22-18(15-9-5-2-6-10-15)20-19-21(11-14-7-3-1-4-8-14)16-12-26(23,24)13-17(16)25-19/h1-10,16-17H,11-13H2/t16-,17+/m1/s1. The van der Waals surface area contributed by atoms with Crippen LogP contribution in [0.2, 0.25) is 0 Å². The zero-order valence-electron chi connectivity index (χ0n) is 14.0. The number of aliphatic imine (C=N–C) groups is 1. The number of carbonyl (C=O) groups excluding carboxylic acids is 1. The fourth-order valence-electron chi connectivity index (χ4n) is 3.33. The third-order valence-electron chi connectivity index (χ3n) is 4.59. The van der Waals surface area contributed by atoms with Crippen molar-refractivity contribution >= 4 is 32.7 Å². The monoisotopic (exact) mass is 386 g/mol.